The van der Waals surface area contributed by atoms with Crippen molar-refractivity contribution in [2.75, 3.05) is 0 Å². The fourth-order valence-electron chi connectivity index (χ4n) is 8.52. The van der Waals surface area contributed by atoms with Gasteiger partial charge in [0.2, 0.25) is 0 Å². The molecule has 1 aliphatic heterocycles. The van der Waals surface area contributed by atoms with E-state index in [0.29, 0.717) is 42.4 Å². The minimum atomic E-state index is -0.285. The Labute approximate surface area is 188 Å². The van der Waals surface area contributed by atoms with Gasteiger partial charge in [0, 0.05) is 35.2 Å². The zero-order chi connectivity index (χ0) is 22.4. The van der Waals surface area contributed by atoms with Crippen LogP contribution in [0.15, 0.2) is 23.8 Å². The van der Waals surface area contributed by atoms with Crippen LogP contribution in [0.4, 0.5) is 0 Å². The Morgan fingerprint density at radius 1 is 1.03 bits per heavy atom. The van der Waals surface area contributed by atoms with Gasteiger partial charge in [-0.1, -0.05) is 53.7 Å². The van der Waals surface area contributed by atoms with Gasteiger partial charge in [-0.25, -0.2) is 0 Å². The molecule has 4 aliphatic carbocycles. The lowest BCUT2D eigenvalue weighted by atomic mass is 9.46. The maximum absolute atomic E-state index is 13.3. The first-order chi connectivity index (χ1) is 14.5. The van der Waals surface area contributed by atoms with E-state index in [9.17, 15) is 9.59 Å². The van der Waals surface area contributed by atoms with E-state index in [0.717, 1.165) is 24.8 Å². The zero-order valence-corrected chi connectivity index (χ0v) is 20.3. The van der Waals surface area contributed by atoms with Gasteiger partial charge in [-0.15, -0.1) is 0 Å². The van der Waals surface area contributed by atoms with Crippen LogP contribution in [0.2, 0.25) is 0 Å². The van der Waals surface area contributed by atoms with Crippen molar-refractivity contribution in [2.24, 2.45) is 40.4 Å². The van der Waals surface area contributed by atoms with E-state index in [2.05, 4.69) is 53.7 Å². The van der Waals surface area contributed by atoms with Gasteiger partial charge in [-0.05, 0) is 61.9 Å². The summed E-state index contributed by atoms with van der Waals surface area (Å²) < 4.78 is 6.88. The highest BCUT2D eigenvalue weighted by atomic mass is 16.6. The van der Waals surface area contributed by atoms with E-state index in [1.165, 1.54) is 12.8 Å². The molecule has 0 aromatic rings. The molecule has 5 rings (SSSR count). The van der Waals surface area contributed by atoms with Crippen LogP contribution in [0, 0.1) is 40.4 Å². The fourth-order valence-corrected chi connectivity index (χ4v) is 8.52. The minimum Gasteiger partial charge on any atom is -0.361 e. The van der Waals surface area contributed by atoms with Crippen LogP contribution >= 0.6 is 0 Å². The lowest BCUT2D eigenvalue weighted by Gasteiger charge is -2.54. The van der Waals surface area contributed by atoms with Crippen LogP contribution in [0.3, 0.4) is 0 Å². The lowest BCUT2D eigenvalue weighted by molar-refractivity contribution is -0.127. The predicted octanol–water partition coefficient (Wildman–Crippen LogP) is 6.07. The number of rotatable bonds is 4. The summed E-state index contributed by atoms with van der Waals surface area (Å²) in [5.41, 5.74) is 0.334. The number of fused-ring (bicyclic) bond motifs is 2. The Morgan fingerprint density at radius 3 is 2.48 bits per heavy atom. The number of allylic oxidation sites excluding steroid dienone is 3. The zero-order valence-electron chi connectivity index (χ0n) is 20.3. The van der Waals surface area contributed by atoms with Crippen molar-refractivity contribution in [3.8, 4) is 0 Å². The molecular weight excluding hydrogens is 384 g/mol. The van der Waals surface area contributed by atoms with Gasteiger partial charge >= 0.3 is 0 Å². The van der Waals surface area contributed by atoms with Crippen LogP contribution < -0.4 is 0 Å². The van der Waals surface area contributed by atoms with Gasteiger partial charge in [-0.2, -0.15) is 0 Å². The van der Waals surface area contributed by atoms with E-state index < -0.39 is 0 Å². The number of hydrogen-bond acceptors (Lipinski definition) is 3. The molecule has 0 bridgehead atoms. The summed E-state index contributed by atoms with van der Waals surface area (Å²) >= 11 is 0. The number of carbonyl (C=O) groups is 2. The molecule has 0 aromatic carbocycles. The van der Waals surface area contributed by atoms with Crippen LogP contribution in [0.25, 0.3) is 0 Å². The largest absolute Gasteiger partial charge is 0.361 e. The number of carbonyl (C=O) groups excluding carboxylic acids is 2. The monoisotopic (exact) mass is 424 g/mol. The Balaban J connectivity index is 1.46. The van der Waals surface area contributed by atoms with Gasteiger partial charge in [0.25, 0.3) is 0 Å². The van der Waals surface area contributed by atoms with Crippen LogP contribution in [-0.2, 0) is 14.3 Å². The van der Waals surface area contributed by atoms with E-state index in [1.807, 2.05) is 0 Å². The number of ether oxygens (including phenoxy) is 1. The number of hydrogen-bond donors (Lipinski definition) is 0. The molecule has 8 atom stereocenters. The lowest BCUT2D eigenvalue weighted by Crippen LogP contribution is -2.58. The van der Waals surface area contributed by atoms with Crippen molar-refractivity contribution >= 4 is 11.6 Å². The molecule has 3 heteroatoms. The number of epoxide rings is 1. The number of ketones is 2. The van der Waals surface area contributed by atoms with Crippen LogP contribution in [-0.4, -0.2) is 22.8 Å². The third kappa shape index (κ3) is 2.62. The second kappa shape index (κ2) is 6.65. The van der Waals surface area contributed by atoms with Gasteiger partial charge < -0.3 is 4.74 Å². The molecule has 1 saturated heterocycles. The first-order valence-electron chi connectivity index (χ1n) is 12.7. The maximum Gasteiger partial charge on any atom is 0.162 e. The van der Waals surface area contributed by atoms with Crippen LogP contribution in [0.1, 0.15) is 86.5 Å². The third-order valence-corrected chi connectivity index (χ3v) is 10.8. The van der Waals surface area contributed by atoms with E-state index in [-0.39, 0.29) is 33.6 Å². The van der Waals surface area contributed by atoms with E-state index >= 15 is 0 Å². The molecule has 0 aromatic heterocycles. The van der Waals surface area contributed by atoms with Gasteiger partial charge in [-0.3, -0.25) is 9.59 Å². The van der Waals surface area contributed by atoms with Gasteiger partial charge in [0.05, 0.1) is 0 Å². The quantitative estimate of drug-likeness (QED) is 0.406. The molecule has 2 spiro atoms. The fraction of sp³-hybridized carbons (Fsp3) is 0.786. The van der Waals surface area contributed by atoms with Gasteiger partial charge in [0.1, 0.15) is 11.2 Å². The summed E-state index contributed by atoms with van der Waals surface area (Å²) in [7, 11) is 0. The molecule has 8 unspecified atom stereocenters. The average molecular weight is 425 g/mol. The molecule has 0 N–H and O–H groups in total. The SMILES string of the molecule is CC(C)C(C)C=CC(C)C1CCC23OC24CC(=O)C2=CC(=O)CCC2(C)C4CCC13C. The molecule has 1 heterocycles. The molecule has 3 nitrogen and oxygen atoms in total. The van der Waals surface area contributed by atoms with E-state index in [4.69, 9.17) is 4.74 Å². The Morgan fingerprint density at radius 2 is 1.77 bits per heavy atom. The second-order valence-corrected chi connectivity index (χ2v) is 12.4. The third-order valence-electron chi connectivity index (χ3n) is 10.8. The maximum atomic E-state index is 13.3. The molecule has 170 valence electrons. The topological polar surface area (TPSA) is 46.7 Å². The Kier molecular flexibility index (Phi) is 4.64. The molecule has 0 amide bonds. The summed E-state index contributed by atoms with van der Waals surface area (Å²) in [5, 5.41) is 0. The summed E-state index contributed by atoms with van der Waals surface area (Å²) in [4.78, 5) is 25.4. The van der Waals surface area contributed by atoms with Crippen molar-refractivity contribution in [2.45, 2.75) is 97.7 Å². The molecule has 5 aliphatic rings. The van der Waals surface area contributed by atoms with Crippen molar-refractivity contribution in [3.05, 3.63) is 23.8 Å². The Hall–Kier alpha value is -1.22. The average Bonchev–Trinajstić information content (AvgIpc) is 3.26. The highest BCUT2D eigenvalue weighted by molar-refractivity contribution is 6.06. The predicted molar refractivity (Wildman–Crippen MR) is 122 cm³/mol. The smallest absolute Gasteiger partial charge is 0.162 e. The molecule has 0 radical (unpaired) electrons. The molecule has 4 fully saturated rings. The summed E-state index contributed by atoms with van der Waals surface area (Å²) in [6.07, 6.45) is 13.0. The highest BCUT2D eigenvalue weighted by Crippen LogP contribution is 2.80. The highest BCUT2D eigenvalue weighted by Gasteiger charge is 2.86. The summed E-state index contributed by atoms with van der Waals surface area (Å²) in [6, 6.07) is 0. The molecular formula is C28H40O3. The van der Waals surface area contributed by atoms with E-state index in [1.54, 1.807) is 6.08 Å². The van der Waals surface area contributed by atoms with Crippen molar-refractivity contribution in [3.63, 3.8) is 0 Å². The van der Waals surface area contributed by atoms with Crippen molar-refractivity contribution < 1.29 is 14.3 Å². The van der Waals surface area contributed by atoms with Crippen molar-refractivity contribution in [1.82, 2.24) is 0 Å². The Bertz CT molecular complexity index is 883. The summed E-state index contributed by atoms with van der Waals surface area (Å²) in [6.45, 7) is 14.0. The minimum absolute atomic E-state index is 0.126. The van der Waals surface area contributed by atoms with Crippen LogP contribution in [0.5, 0.6) is 0 Å². The second-order valence-electron chi connectivity index (χ2n) is 12.4. The normalized spacial score (nSPS) is 48.0. The molecule has 31 heavy (non-hydrogen) atoms. The standard InChI is InChI=1S/C28H40O3/c1-17(2)18(3)7-8-19(4)21-10-14-28-26(21,6)13-11-24-25(5)12-9-20(29)15-22(25)23(30)16-27(24,28)31-28/h7-8,15,17-19,21,24H,9-14,16H2,1-6H3. The summed E-state index contributed by atoms with van der Waals surface area (Å²) in [5.74, 6) is 3.07. The first kappa shape index (κ1) is 21.6. The van der Waals surface area contributed by atoms with Crippen molar-refractivity contribution in [1.29, 1.82) is 0 Å². The molecule has 3 saturated carbocycles. The number of Topliss-reactive ketones (excluding diaryl/α,β-unsaturated/α-hetero) is 1. The van der Waals surface area contributed by atoms with Gasteiger partial charge in [0.15, 0.2) is 11.6 Å². The first-order valence-corrected chi connectivity index (χ1v) is 12.7.